The molecular formula is C35H25F5N2O4. The Morgan fingerprint density at radius 1 is 0.913 bits per heavy atom. The number of H-pyrrole nitrogens is 1. The minimum absolute atomic E-state index is 0.0216. The third-order valence-electron chi connectivity index (χ3n) is 8.06. The highest BCUT2D eigenvalue weighted by molar-refractivity contribution is 5.90. The van der Waals surface area contributed by atoms with Crippen LogP contribution in [0.4, 0.5) is 22.0 Å². The molecule has 0 aliphatic carbocycles. The van der Waals surface area contributed by atoms with Crippen LogP contribution in [-0.4, -0.2) is 27.2 Å². The lowest BCUT2D eigenvalue weighted by Gasteiger charge is -2.22. The van der Waals surface area contributed by atoms with Crippen molar-refractivity contribution >= 4 is 27.8 Å². The lowest BCUT2D eigenvalue weighted by Crippen LogP contribution is -2.25. The molecule has 6 aromatic rings. The van der Waals surface area contributed by atoms with Crippen molar-refractivity contribution in [2.75, 3.05) is 6.61 Å². The van der Waals surface area contributed by atoms with E-state index in [2.05, 4.69) is 4.98 Å². The standard InChI is InChI=1S/C35H25F5N2O4/c1-42-27-12-5-3-8-23(27)32(43)29(33(42)44)28(19-13-15-20(16-14-19)35(38,39)40)31-22(21-7-2-4-11-26(21)41-31)17-18-46-34(45)24-9-6-10-25(36)30(24)37/h2-16,28,41,43H,17-18H2,1H3. The summed E-state index contributed by atoms with van der Waals surface area (Å²) < 4.78 is 75.1. The van der Waals surface area contributed by atoms with Gasteiger partial charge in [-0.2, -0.15) is 13.2 Å². The van der Waals surface area contributed by atoms with E-state index in [4.69, 9.17) is 4.74 Å². The van der Waals surface area contributed by atoms with E-state index in [9.17, 15) is 36.6 Å². The number of carbonyl (C=O) groups is 1. The zero-order valence-corrected chi connectivity index (χ0v) is 24.2. The first-order valence-electron chi connectivity index (χ1n) is 14.2. The first kappa shape index (κ1) is 30.6. The normalized spacial score (nSPS) is 12.5. The molecule has 0 fully saturated rings. The summed E-state index contributed by atoms with van der Waals surface area (Å²) in [7, 11) is 1.54. The molecular weight excluding hydrogens is 607 g/mol. The van der Waals surface area contributed by atoms with Crippen LogP contribution in [0.1, 0.15) is 44.2 Å². The molecule has 2 N–H and O–H groups in total. The Balaban J connectivity index is 1.51. The van der Waals surface area contributed by atoms with Crippen molar-refractivity contribution in [2.45, 2.75) is 18.5 Å². The lowest BCUT2D eigenvalue weighted by molar-refractivity contribution is -0.137. The van der Waals surface area contributed by atoms with Gasteiger partial charge in [0, 0.05) is 35.5 Å². The molecule has 0 radical (unpaired) electrons. The van der Waals surface area contributed by atoms with Gasteiger partial charge in [-0.15, -0.1) is 0 Å². The molecule has 6 nitrogen and oxygen atoms in total. The quantitative estimate of drug-likeness (QED) is 0.140. The Hall–Kier alpha value is -5.45. The van der Waals surface area contributed by atoms with Crippen molar-refractivity contribution < 1.29 is 36.6 Å². The molecule has 46 heavy (non-hydrogen) atoms. The van der Waals surface area contributed by atoms with Gasteiger partial charge in [-0.25, -0.2) is 13.6 Å². The van der Waals surface area contributed by atoms with Gasteiger partial charge in [-0.1, -0.05) is 48.5 Å². The number of carbonyl (C=O) groups excluding carboxylic acids is 1. The molecule has 6 rings (SSSR count). The van der Waals surface area contributed by atoms with Crippen molar-refractivity contribution in [1.29, 1.82) is 0 Å². The highest BCUT2D eigenvalue weighted by Crippen LogP contribution is 2.42. The van der Waals surface area contributed by atoms with Gasteiger partial charge in [0.15, 0.2) is 11.6 Å². The molecule has 0 amide bonds. The number of halogens is 5. The monoisotopic (exact) mass is 632 g/mol. The molecule has 0 saturated carbocycles. The van der Waals surface area contributed by atoms with Gasteiger partial charge in [-0.3, -0.25) is 4.79 Å². The molecule has 0 aliphatic heterocycles. The minimum Gasteiger partial charge on any atom is -0.507 e. The Bertz CT molecular complexity index is 2170. The minimum atomic E-state index is -4.60. The fourth-order valence-corrected chi connectivity index (χ4v) is 5.83. The average Bonchev–Trinajstić information content (AvgIpc) is 3.40. The second-order valence-electron chi connectivity index (χ2n) is 10.7. The number of nitrogens with one attached hydrogen (secondary N) is 1. The van der Waals surface area contributed by atoms with Crippen molar-refractivity contribution in [2.24, 2.45) is 7.05 Å². The second-order valence-corrected chi connectivity index (χ2v) is 10.7. The number of benzene rings is 4. The number of alkyl halides is 3. The maximum absolute atomic E-state index is 14.2. The fraction of sp³-hybridized carbons (Fsp3) is 0.143. The number of para-hydroxylation sites is 2. The largest absolute Gasteiger partial charge is 0.507 e. The van der Waals surface area contributed by atoms with E-state index >= 15 is 0 Å². The third kappa shape index (κ3) is 5.38. The maximum Gasteiger partial charge on any atom is 0.416 e. The van der Waals surface area contributed by atoms with Crippen molar-refractivity contribution in [3.8, 4) is 5.75 Å². The van der Waals surface area contributed by atoms with Gasteiger partial charge in [-0.05, 0) is 53.6 Å². The summed E-state index contributed by atoms with van der Waals surface area (Å²) in [4.78, 5) is 29.9. The number of hydrogen-bond donors (Lipinski definition) is 2. The Kier molecular flexibility index (Phi) is 7.85. The number of hydrogen-bond acceptors (Lipinski definition) is 4. The van der Waals surface area contributed by atoms with E-state index in [1.54, 1.807) is 48.5 Å². The molecule has 4 aromatic carbocycles. The van der Waals surface area contributed by atoms with E-state index in [-0.39, 0.29) is 29.9 Å². The van der Waals surface area contributed by atoms with Crippen LogP contribution in [0.3, 0.4) is 0 Å². The number of pyridine rings is 1. The third-order valence-corrected chi connectivity index (χ3v) is 8.06. The molecule has 2 heterocycles. The van der Waals surface area contributed by atoms with Gasteiger partial charge in [0.25, 0.3) is 5.56 Å². The number of aromatic hydroxyl groups is 1. The number of aromatic amines is 1. The number of ether oxygens (including phenoxy) is 1. The van der Waals surface area contributed by atoms with Gasteiger partial charge in [0.2, 0.25) is 0 Å². The van der Waals surface area contributed by atoms with Crippen molar-refractivity contribution in [3.05, 3.63) is 146 Å². The van der Waals surface area contributed by atoms with Crippen LogP contribution in [0, 0.1) is 11.6 Å². The Labute approximate surface area is 258 Å². The molecule has 1 unspecified atom stereocenters. The SMILES string of the molecule is Cn1c(=O)c(C(c2ccc(C(F)(F)F)cc2)c2[nH]c3ccccc3c2CCOC(=O)c2cccc(F)c2F)c(O)c2ccccc21. The molecule has 2 aromatic heterocycles. The maximum atomic E-state index is 14.2. The van der Waals surface area contributed by atoms with Crippen molar-refractivity contribution in [1.82, 2.24) is 9.55 Å². The molecule has 0 saturated heterocycles. The number of fused-ring (bicyclic) bond motifs is 2. The molecule has 1 atom stereocenters. The summed E-state index contributed by atoms with van der Waals surface area (Å²) in [6, 6.07) is 21.2. The topological polar surface area (TPSA) is 84.3 Å². The molecule has 234 valence electrons. The molecule has 11 heteroatoms. The fourth-order valence-electron chi connectivity index (χ4n) is 5.83. The van der Waals surface area contributed by atoms with Crippen LogP contribution in [0.15, 0.2) is 95.8 Å². The first-order valence-corrected chi connectivity index (χ1v) is 14.2. The zero-order chi connectivity index (χ0) is 32.7. The summed E-state index contributed by atoms with van der Waals surface area (Å²) in [5.41, 5.74) is 0.149. The van der Waals surface area contributed by atoms with E-state index in [1.165, 1.54) is 29.8 Å². The second kappa shape index (κ2) is 11.8. The summed E-state index contributed by atoms with van der Waals surface area (Å²) in [6.45, 7) is -0.287. The van der Waals surface area contributed by atoms with E-state index in [1.807, 2.05) is 0 Å². The number of nitrogens with zero attached hydrogens (tertiary/aromatic N) is 1. The lowest BCUT2D eigenvalue weighted by atomic mass is 9.84. The van der Waals surface area contributed by atoms with E-state index in [0.29, 0.717) is 33.1 Å². The Morgan fingerprint density at radius 3 is 2.30 bits per heavy atom. The van der Waals surface area contributed by atoms with Gasteiger partial charge in [0.05, 0.1) is 34.7 Å². The number of aryl methyl sites for hydroxylation is 1. The first-order chi connectivity index (χ1) is 22.0. The summed E-state index contributed by atoms with van der Waals surface area (Å²) in [5, 5.41) is 12.6. The van der Waals surface area contributed by atoms with Crippen LogP contribution in [0.2, 0.25) is 0 Å². The summed E-state index contributed by atoms with van der Waals surface area (Å²) >= 11 is 0. The van der Waals surface area contributed by atoms with Crippen LogP contribution in [0.25, 0.3) is 21.8 Å². The summed E-state index contributed by atoms with van der Waals surface area (Å²) in [5.74, 6) is -5.06. The zero-order valence-electron chi connectivity index (χ0n) is 24.2. The molecule has 0 aliphatic rings. The van der Waals surface area contributed by atoms with Crippen LogP contribution >= 0.6 is 0 Å². The van der Waals surface area contributed by atoms with E-state index in [0.717, 1.165) is 24.3 Å². The van der Waals surface area contributed by atoms with Crippen LogP contribution < -0.4 is 5.56 Å². The van der Waals surface area contributed by atoms with Gasteiger partial charge in [0.1, 0.15) is 5.75 Å². The van der Waals surface area contributed by atoms with Crippen LogP contribution in [0.5, 0.6) is 5.75 Å². The Morgan fingerprint density at radius 2 is 1.59 bits per heavy atom. The van der Waals surface area contributed by atoms with Gasteiger partial charge >= 0.3 is 12.1 Å². The van der Waals surface area contributed by atoms with E-state index < -0.39 is 46.4 Å². The number of aromatic nitrogens is 2. The smallest absolute Gasteiger partial charge is 0.416 e. The highest BCUT2D eigenvalue weighted by Gasteiger charge is 2.33. The summed E-state index contributed by atoms with van der Waals surface area (Å²) in [6.07, 6.45) is -4.58. The predicted molar refractivity (Wildman–Crippen MR) is 162 cm³/mol. The van der Waals surface area contributed by atoms with Crippen LogP contribution in [-0.2, 0) is 24.4 Å². The predicted octanol–water partition coefficient (Wildman–Crippen LogP) is 7.60. The van der Waals surface area contributed by atoms with Gasteiger partial charge < -0.3 is 19.4 Å². The average molecular weight is 633 g/mol. The van der Waals surface area contributed by atoms with Crippen molar-refractivity contribution in [3.63, 3.8) is 0 Å². The molecule has 0 bridgehead atoms. The number of rotatable bonds is 7. The number of esters is 1. The molecule has 0 spiro atoms. The highest BCUT2D eigenvalue weighted by atomic mass is 19.4.